The van der Waals surface area contributed by atoms with E-state index >= 15 is 0 Å². The van der Waals surface area contributed by atoms with Gasteiger partial charge >= 0.3 is 6.16 Å². The molecule has 1 aliphatic carbocycles. The quantitative estimate of drug-likeness (QED) is 0.364. The number of nitro groups is 1. The first kappa shape index (κ1) is 15.9. The van der Waals surface area contributed by atoms with Gasteiger partial charge in [-0.1, -0.05) is 23.6 Å². The van der Waals surface area contributed by atoms with Gasteiger partial charge in [0.25, 0.3) is 5.69 Å². The molecule has 0 aromatic carbocycles. The second kappa shape index (κ2) is 6.99. The Labute approximate surface area is 129 Å². The summed E-state index contributed by atoms with van der Waals surface area (Å²) in [5, 5.41) is 19.9. The van der Waals surface area contributed by atoms with Gasteiger partial charge in [-0.25, -0.2) is 9.78 Å². The Morgan fingerprint density at radius 3 is 2.71 bits per heavy atom. The van der Waals surface area contributed by atoms with Crippen LogP contribution in [-0.2, 0) is 4.74 Å². The summed E-state index contributed by atoms with van der Waals surface area (Å²) < 4.78 is 4.51. The molecule has 0 atom stereocenters. The van der Waals surface area contributed by atoms with Crippen molar-refractivity contribution < 1.29 is 19.6 Å². The van der Waals surface area contributed by atoms with Crippen LogP contribution < -0.4 is 0 Å². The number of hydrogen-bond donors (Lipinski definition) is 1. The standard InChI is InChI=1S/C12H14N2O5S2/c15-11(16)19-8-12(5-1-2-6-12)21-20-10-4-3-9(7-13-10)14(17)18/h3-4,7H,1-2,5-6,8H2,(H,15,16). The van der Waals surface area contributed by atoms with Crippen LogP contribution >= 0.6 is 21.6 Å². The first-order valence-electron chi connectivity index (χ1n) is 6.33. The monoisotopic (exact) mass is 330 g/mol. The van der Waals surface area contributed by atoms with E-state index in [1.54, 1.807) is 6.07 Å². The van der Waals surface area contributed by atoms with Gasteiger partial charge in [-0.2, -0.15) is 0 Å². The van der Waals surface area contributed by atoms with Crippen molar-refractivity contribution in [2.45, 2.75) is 35.5 Å². The Bertz CT molecular complexity index is 517. The van der Waals surface area contributed by atoms with Crippen molar-refractivity contribution in [2.75, 3.05) is 6.61 Å². The van der Waals surface area contributed by atoms with E-state index in [0.717, 1.165) is 25.7 Å². The van der Waals surface area contributed by atoms with Crippen molar-refractivity contribution in [3.05, 3.63) is 28.4 Å². The third-order valence-electron chi connectivity index (χ3n) is 3.21. The highest BCUT2D eigenvalue weighted by molar-refractivity contribution is 8.77. The molecule has 7 nitrogen and oxygen atoms in total. The molecular formula is C12H14N2O5S2. The second-order valence-corrected chi connectivity index (χ2v) is 7.34. The minimum Gasteiger partial charge on any atom is -0.450 e. The predicted octanol–water partition coefficient (Wildman–Crippen LogP) is 3.74. The van der Waals surface area contributed by atoms with Gasteiger partial charge in [0.15, 0.2) is 0 Å². The van der Waals surface area contributed by atoms with Crippen LogP contribution in [0.4, 0.5) is 10.5 Å². The molecule has 1 fully saturated rings. The maximum absolute atomic E-state index is 10.6. The summed E-state index contributed by atoms with van der Waals surface area (Å²) in [4.78, 5) is 24.7. The molecule has 0 amide bonds. The fourth-order valence-electron chi connectivity index (χ4n) is 2.13. The Morgan fingerprint density at radius 2 is 2.19 bits per heavy atom. The lowest BCUT2D eigenvalue weighted by molar-refractivity contribution is -0.385. The first-order chi connectivity index (χ1) is 10.0. The first-order valence-corrected chi connectivity index (χ1v) is 8.48. The highest BCUT2D eigenvalue weighted by Crippen LogP contribution is 2.49. The van der Waals surface area contributed by atoms with E-state index in [1.165, 1.54) is 33.9 Å². The molecule has 1 aromatic heterocycles. The molecule has 0 radical (unpaired) electrons. The van der Waals surface area contributed by atoms with E-state index in [0.29, 0.717) is 5.03 Å². The summed E-state index contributed by atoms with van der Waals surface area (Å²) in [6.45, 7) is 0.160. The maximum Gasteiger partial charge on any atom is 0.505 e. The summed E-state index contributed by atoms with van der Waals surface area (Å²) in [7, 11) is 2.94. The second-order valence-electron chi connectivity index (χ2n) is 4.72. The molecule has 1 saturated carbocycles. The molecule has 1 N–H and O–H groups in total. The SMILES string of the molecule is O=C(O)OCC1(SSc2ccc([N+](=O)[O-])cn2)CCCC1. The zero-order valence-corrected chi connectivity index (χ0v) is 12.7. The van der Waals surface area contributed by atoms with Crippen LogP contribution in [0.2, 0.25) is 0 Å². The fraction of sp³-hybridized carbons (Fsp3) is 0.500. The van der Waals surface area contributed by atoms with Crippen LogP contribution in [0.5, 0.6) is 0 Å². The lowest BCUT2D eigenvalue weighted by Crippen LogP contribution is -2.27. The summed E-state index contributed by atoms with van der Waals surface area (Å²) in [6, 6.07) is 3.00. The molecule has 0 unspecified atom stereocenters. The normalized spacial score (nSPS) is 16.6. The lowest BCUT2D eigenvalue weighted by atomic mass is 10.1. The van der Waals surface area contributed by atoms with Crippen molar-refractivity contribution in [1.29, 1.82) is 0 Å². The summed E-state index contributed by atoms with van der Waals surface area (Å²) in [5.41, 5.74) is -0.0471. The average Bonchev–Trinajstić information content (AvgIpc) is 2.93. The molecule has 0 aliphatic heterocycles. The van der Waals surface area contributed by atoms with Gasteiger partial charge in [0.05, 0.1) is 9.67 Å². The zero-order chi connectivity index (χ0) is 15.3. The van der Waals surface area contributed by atoms with Gasteiger partial charge in [0, 0.05) is 6.07 Å². The van der Waals surface area contributed by atoms with Crippen LogP contribution in [0.1, 0.15) is 25.7 Å². The number of rotatable bonds is 6. The Kier molecular flexibility index (Phi) is 5.29. The topological polar surface area (TPSA) is 103 Å². The van der Waals surface area contributed by atoms with E-state index in [2.05, 4.69) is 4.98 Å². The predicted molar refractivity (Wildman–Crippen MR) is 79.5 cm³/mol. The Balaban J connectivity index is 1.95. The molecule has 1 aliphatic rings. The van der Waals surface area contributed by atoms with Crippen LogP contribution in [0.3, 0.4) is 0 Å². The maximum atomic E-state index is 10.6. The van der Waals surface area contributed by atoms with E-state index in [-0.39, 0.29) is 17.0 Å². The fourth-order valence-corrected chi connectivity index (χ4v) is 4.90. The largest absolute Gasteiger partial charge is 0.505 e. The molecule has 114 valence electrons. The number of ether oxygens (including phenoxy) is 1. The van der Waals surface area contributed by atoms with E-state index in [4.69, 9.17) is 9.84 Å². The minimum atomic E-state index is -1.26. The van der Waals surface area contributed by atoms with Crippen molar-refractivity contribution >= 4 is 33.4 Å². The lowest BCUT2D eigenvalue weighted by Gasteiger charge is -2.25. The van der Waals surface area contributed by atoms with E-state index < -0.39 is 11.1 Å². The molecule has 0 spiro atoms. The van der Waals surface area contributed by atoms with Crippen molar-refractivity contribution in [3.63, 3.8) is 0 Å². The van der Waals surface area contributed by atoms with Gasteiger partial charge in [-0.15, -0.1) is 0 Å². The molecule has 0 bridgehead atoms. The van der Waals surface area contributed by atoms with Crippen LogP contribution in [0, 0.1) is 10.1 Å². The van der Waals surface area contributed by atoms with E-state index in [1.807, 2.05) is 0 Å². The number of carbonyl (C=O) groups is 1. The van der Waals surface area contributed by atoms with Crippen LogP contribution in [0.15, 0.2) is 23.4 Å². The number of nitrogens with zero attached hydrogens (tertiary/aromatic N) is 2. The molecule has 21 heavy (non-hydrogen) atoms. The number of hydrogen-bond acceptors (Lipinski definition) is 7. The molecule has 2 rings (SSSR count). The molecule has 1 aromatic rings. The Morgan fingerprint density at radius 1 is 1.48 bits per heavy atom. The van der Waals surface area contributed by atoms with Crippen LogP contribution in [0.25, 0.3) is 0 Å². The Hall–Kier alpha value is -1.48. The van der Waals surface area contributed by atoms with Crippen molar-refractivity contribution in [3.8, 4) is 0 Å². The summed E-state index contributed by atoms with van der Waals surface area (Å²) >= 11 is 0. The number of aromatic nitrogens is 1. The van der Waals surface area contributed by atoms with Gasteiger partial charge in [-0.3, -0.25) is 10.1 Å². The van der Waals surface area contributed by atoms with Crippen molar-refractivity contribution in [1.82, 2.24) is 4.98 Å². The highest BCUT2D eigenvalue weighted by Gasteiger charge is 2.36. The average molecular weight is 330 g/mol. The number of pyridine rings is 1. The third kappa shape index (κ3) is 4.50. The summed E-state index contributed by atoms with van der Waals surface area (Å²) in [6.07, 6.45) is 3.84. The zero-order valence-electron chi connectivity index (χ0n) is 11.1. The smallest absolute Gasteiger partial charge is 0.450 e. The third-order valence-corrected chi connectivity index (χ3v) is 6.41. The van der Waals surface area contributed by atoms with E-state index in [9.17, 15) is 14.9 Å². The molecular weight excluding hydrogens is 316 g/mol. The van der Waals surface area contributed by atoms with Crippen LogP contribution in [-0.4, -0.2) is 32.5 Å². The van der Waals surface area contributed by atoms with Gasteiger partial charge in [0.1, 0.15) is 17.8 Å². The van der Waals surface area contributed by atoms with Gasteiger partial charge in [-0.05, 0) is 29.7 Å². The van der Waals surface area contributed by atoms with Crippen molar-refractivity contribution in [2.24, 2.45) is 0 Å². The summed E-state index contributed by atoms with van der Waals surface area (Å²) in [5.74, 6) is 0. The molecule has 1 heterocycles. The highest BCUT2D eigenvalue weighted by atomic mass is 33.1. The van der Waals surface area contributed by atoms with Gasteiger partial charge in [0.2, 0.25) is 0 Å². The van der Waals surface area contributed by atoms with Gasteiger partial charge < -0.3 is 9.84 Å². The number of carboxylic acid groups (broad SMARTS) is 1. The molecule has 0 saturated heterocycles. The molecule has 9 heteroatoms. The minimum absolute atomic E-state index is 0.0471.